The molecule has 4 nitrogen and oxygen atoms in total. The largest absolute Gasteiger partial charge is 0.301 e. The van der Waals surface area contributed by atoms with Crippen molar-refractivity contribution < 1.29 is 13.6 Å². The molecular formula is C14H15F2N3OS. The third-order valence-electron chi connectivity index (χ3n) is 3.14. The van der Waals surface area contributed by atoms with Crippen molar-refractivity contribution in [2.45, 2.75) is 19.5 Å². The summed E-state index contributed by atoms with van der Waals surface area (Å²) in [5.41, 5.74) is 0.341. The Morgan fingerprint density at radius 3 is 2.86 bits per heavy atom. The molecule has 0 fully saturated rings. The van der Waals surface area contributed by atoms with Crippen molar-refractivity contribution in [1.29, 1.82) is 0 Å². The number of carbonyl (C=O) groups excluding carboxylic acids is 1. The number of hydrogen-bond acceptors (Lipinski definition) is 4. The first kappa shape index (κ1) is 15.5. The van der Waals surface area contributed by atoms with E-state index in [9.17, 15) is 13.6 Å². The van der Waals surface area contributed by atoms with Gasteiger partial charge in [-0.25, -0.2) is 13.8 Å². The molecule has 7 heteroatoms. The Bertz CT molecular complexity index is 619. The first-order valence-electron chi connectivity index (χ1n) is 6.32. The van der Waals surface area contributed by atoms with E-state index in [4.69, 9.17) is 0 Å². The van der Waals surface area contributed by atoms with E-state index >= 15 is 0 Å². The van der Waals surface area contributed by atoms with Crippen molar-refractivity contribution in [3.05, 3.63) is 47.0 Å². The summed E-state index contributed by atoms with van der Waals surface area (Å²) >= 11 is 1.33. The van der Waals surface area contributed by atoms with Crippen LogP contribution in [0, 0.1) is 11.6 Å². The van der Waals surface area contributed by atoms with E-state index in [1.807, 2.05) is 0 Å². The van der Waals surface area contributed by atoms with Gasteiger partial charge >= 0.3 is 0 Å². The van der Waals surface area contributed by atoms with E-state index in [1.54, 1.807) is 30.4 Å². The average Bonchev–Trinajstić information content (AvgIpc) is 2.93. The Balaban J connectivity index is 1.98. The summed E-state index contributed by atoms with van der Waals surface area (Å²) in [5.74, 6) is -1.46. The lowest BCUT2D eigenvalue weighted by Crippen LogP contribution is -2.39. The standard InChI is InChI=1S/C14H15F2N3OS/c1-9(13(20)18-14-17-5-6-21-14)19(2)8-10-3-4-11(15)7-12(10)16/h3-7,9H,8H2,1-2H3,(H,17,18,20)/t9-/m0/s1. The van der Waals surface area contributed by atoms with Gasteiger partial charge in [0, 0.05) is 29.8 Å². The molecule has 0 saturated carbocycles. The van der Waals surface area contributed by atoms with E-state index in [0.29, 0.717) is 10.7 Å². The molecular weight excluding hydrogens is 296 g/mol. The molecule has 0 aliphatic heterocycles. The normalized spacial score (nSPS) is 12.4. The molecule has 0 radical (unpaired) electrons. The zero-order chi connectivity index (χ0) is 15.4. The average molecular weight is 311 g/mol. The highest BCUT2D eigenvalue weighted by Crippen LogP contribution is 2.15. The van der Waals surface area contributed by atoms with Crippen LogP contribution >= 0.6 is 11.3 Å². The predicted molar refractivity (Wildman–Crippen MR) is 78.0 cm³/mol. The Kier molecular flexibility index (Phi) is 4.98. The number of rotatable bonds is 5. The maximum absolute atomic E-state index is 13.6. The number of amides is 1. The van der Waals surface area contributed by atoms with Crippen molar-refractivity contribution in [2.24, 2.45) is 0 Å². The van der Waals surface area contributed by atoms with Crippen LogP contribution in [0.3, 0.4) is 0 Å². The zero-order valence-electron chi connectivity index (χ0n) is 11.6. The Hall–Kier alpha value is -1.86. The molecule has 0 bridgehead atoms. The van der Waals surface area contributed by atoms with Gasteiger partial charge in [0.1, 0.15) is 11.6 Å². The van der Waals surface area contributed by atoms with Crippen molar-refractivity contribution in [3.63, 3.8) is 0 Å². The Morgan fingerprint density at radius 2 is 2.24 bits per heavy atom. The number of likely N-dealkylation sites (N-methyl/N-ethyl adjacent to an activating group) is 1. The van der Waals surface area contributed by atoms with Gasteiger partial charge in [-0.3, -0.25) is 9.69 Å². The van der Waals surface area contributed by atoms with Gasteiger partial charge in [0.15, 0.2) is 5.13 Å². The number of nitrogens with zero attached hydrogens (tertiary/aromatic N) is 2. The second kappa shape index (κ2) is 6.73. The summed E-state index contributed by atoms with van der Waals surface area (Å²) in [5, 5.41) is 4.97. The van der Waals surface area contributed by atoms with Gasteiger partial charge in [-0.1, -0.05) is 6.07 Å². The topological polar surface area (TPSA) is 45.2 Å². The maximum Gasteiger partial charge on any atom is 0.243 e. The molecule has 1 aromatic heterocycles. The van der Waals surface area contributed by atoms with E-state index in [2.05, 4.69) is 10.3 Å². The van der Waals surface area contributed by atoms with Gasteiger partial charge in [0.2, 0.25) is 5.91 Å². The van der Waals surface area contributed by atoms with Crippen LogP contribution in [0.5, 0.6) is 0 Å². The van der Waals surface area contributed by atoms with Crippen molar-refractivity contribution in [1.82, 2.24) is 9.88 Å². The molecule has 1 amide bonds. The van der Waals surface area contributed by atoms with Crippen LogP contribution in [-0.2, 0) is 11.3 Å². The molecule has 0 saturated heterocycles. The molecule has 0 aliphatic rings. The minimum Gasteiger partial charge on any atom is -0.301 e. The quantitative estimate of drug-likeness (QED) is 0.923. The Morgan fingerprint density at radius 1 is 1.48 bits per heavy atom. The molecule has 1 heterocycles. The van der Waals surface area contributed by atoms with Gasteiger partial charge in [-0.05, 0) is 20.0 Å². The minimum atomic E-state index is -0.617. The van der Waals surface area contributed by atoms with Gasteiger partial charge in [-0.2, -0.15) is 0 Å². The minimum absolute atomic E-state index is 0.207. The van der Waals surface area contributed by atoms with Crippen molar-refractivity contribution >= 4 is 22.4 Å². The molecule has 21 heavy (non-hydrogen) atoms. The third kappa shape index (κ3) is 4.05. The number of aromatic nitrogens is 1. The number of benzene rings is 1. The molecule has 1 aromatic carbocycles. The predicted octanol–water partition coefficient (Wildman–Crippen LogP) is 2.88. The van der Waals surface area contributed by atoms with Crippen LogP contribution < -0.4 is 5.32 Å². The molecule has 2 aromatic rings. The molecule has 2 rings (SSSR count). The van der Waals surface area contributed by atoms with Crippen LogP contribution in [0.4, 0.5) is 13.9 Å². The van der Waals surface area contributed by atoms with Gasteiger partial charge in [0.25, 0.3) is 0 Å². The second-order valence-electron chi connectivity index (χ2n) is 4.65. The lowest BCUT2D eigenvalue weighted by atomic mass is 10.1. The van der Waals surface area contributed by atoms with Gasteiger partial charge in [0.05, 0.1) is 6.04 Å². The molecule has 0 aliphatic carbocycles. The summed E-state index contributed by atoms with van der Waals surface area (Å²) < 4.78 is 26.5. The lowest BCUT2D eigenvalue weighted by molar-refractivity contribution is -0.120. The fourth-order valence-electron chi connectivity index (χ4n) is 1.75. The first-order valence-corrected chi connectivity index (χ1v) is 7.20. The van der Waals surface area contributed by atoms with Gasteiger partial charge in [-0.15, -0.1) is 11.3 Å². The lowest BCUT2D eigenvalue weighted by Gasteiger charge is -2.23. The van der Waals surface area contributed by atoms with Crippen molar-refractivity contribution in [3.8, 4) is 0 Å². The fraction of sp³-hybridized carbons (Fsp3) is 0.286. The van der Waals surface area contributed by atoms with Crippen LogP contribution in [0.25, 0.3) is 0 Å². The summed E-state index contributed by atoms with van der Waals surface area (Å²) in [6.07, 6.45) is 1.60. The number of hydrogen-bond donors (Lipinski definition) is 1. The number of carbonyl (C=O) groups is 1. The summed E-state index contributed by atoms with van der Waals surface area (Å²) in [6.45, 7) is 1.92. The second-order valence-corrected chi connectivity index (χ2v) is 5.55. The molecule has 0 unspecified atom stereocenters. The highest BCUT2D eigenvalue weighted by Gasteiger charge is 2.20. The molecule has 1 atom stereocenters. The zero-order valence-corrected chi connectivity index (χ0v) is 12.5. The van der Waals surface area contributed by atoms with Gasteiger partial charge < -0.3 is 5.32 Å². The molecule has 1 N–H and O–H groups in total. The van der Waals surface area contributed by atoms with Crippen LogP contribution in [0.1, 0.15) is 12.5 Å². The van der Waals surface area contributed by atoms with Crippen LogP contribution in [0.2, 0.25) is 0 Å². The molecule has 112 valence electrons. The van der Waals surface area contributed by atoms with E-state index in [0.717, 1.165) is 6.07 Å². The van der Waals surface area contributed by atoms with E-state index in [1.165, 1.54) is 23.5 Å². The smallest absolute Gasteiger partial charge is 0.243 e. The van der Waals surface area contributed by atoms with E-state index in [-0.39, 0.29) is 12.5 Å². The Labute approximate surface area is 125 Å². The number of nitrogens with one attached hydrogen (secondary N) is 1. The first-order chi connectivity index (χ1) is 9.97. The molecule has 0 spiro atoms. The van der Waals surface area contributed by atoms with Crippen LogP contribution in [0.15, 0.2) is 29.8 Å². The third-order valence-corrected chi connectivity index (χ3v) is 3.83. The van der Waals surface area contributed by atoms with Crippen LogP contribution in [-0.4, -0.2) is 28.9 Å². The summed E-state index contributed by atoms with van der Waals surface area (Å²) in [4.78, 5) is 17.7. The summed E-state index contributed by atoms with van der Waals surface area (Å²) in [7, 11) is 1.70. The highest BCUT2D eigenvalue weighted by atomic mass is 32.1. The van der Waals surface area contributed by atoms with Crippen molar-refractivity contribution in [2.75, 3.05) is 12.4 Å². The highest BCUT2D eigenvalue weighted by molar-refractivity contribution is 7.13. The maximum atomic E-state index is 13.6. The van der Waals surface area contributed by atoms with E-state index < -0.39 is 17.7 Å². The number of thiazole rings is 1. The SMILES string of the molecule is C[C@@H](C(=O)Nc1nccs1)N(C)Cc1ccc(F)cc1F. The number of anilines is 1. The monoisotopic (exact) mass is 311 g/mol. The summed E-state index contributed by atoms with van der Waals surface area (Å²) in [6, 6.07) is 2.95. The number of halogens is 2. The fourth-order valence-corrected chi connectivity index (χ4v) is 2.28.